The van der Waals surface area contributed by atoms with Crippen LogP contribution in [-0.4, -0.2) is 53.9 Å². The highest BCUT2D eigenvalue weighted by Gasteiger charge is 2.20. The first-order valence-corrected chi connectivity index (χ1v) is 11.7. The zero-order valence-corrected chi connectivity index (χ0v) is 20.2. The van der Waals surface area contributed by atoms with Gasteiger partial charge in [0, 0.05) is 43.4 Å². The van der Waals surface area contributed by atoms with E-state index in [1.165, 1.54) is 12.3 Å². The molecule has 0 amide bonds. The van der Waals surface area contributed by atoms with E-state index < -0.39 is 11.6 Å². The number of rotatable bonds is 6. The van der Waals surface area contributed by atoms with E-state index in [1.807, 2.05) is 37.5 Å². The van der Waals surface area contributed by atoms with Crippen molar-refractivity contribution in [1.82, 2.24) is 29.4 Å². The van der Waals surface area contributed by atoms with Gasteiger partial charge in [-0.25, -0.2) is 28.7 Å². The molecule has 0 radical (unpaired) electrons. The van der Waals surface area contributed by atoms with Gasteiger partial charge in [0.2, 0.25) is 5.95 Å². The Morgan fingerprint density at radius 2 is 2.00 bits per heavy atom. The first kappa shape index (κ1) is 23.7. The minimum atomic E-state index is -0.656. The van der Waals surface area contributed by atoms with E-state index in [1.54, 1.807) is 6.07 Å². The lowest BCUT2D eigenvalue weighted by Gasteiger charge is -2.26. The second-order valence-electron chi connectivity index (χ2n) is 9.05. The largest absolute Gasteiger partial charge is 0.411 e. The summed E-state index contributed by atoms with van der Waals surface area (Å²) in [4.78, 5) is 19.6. The molecule has 0 fully saturated rings. The van der Waals surface area contributed by atoms with Gasteiger partial charge < -0.3 is 15.1 Å². The van der Waals surface area contributed by atoms with E-state index in [0.717, 1.165) is 30.4 Å². The maximum Gasteiger partial charge on any atom is 0.229 e. The van der Waals surface area contributed by atoms with Crippen molar-refractivity contribution >= 4 is 29.0 Å². The topological polar surface area (TPSA) is 104 Å². The number of nitrogens with one attached hydrogen (secondary N) is 1. The maximum atomic E-state index is 14.9. The molecule has 186 valence electrons. The normalized spacial score (nSPS) is 14.2. The number of halogens is 2. The summed E-state index contributed by atoms with van der Waals surface area (Å²) < 4.78 is 31.6. The Kier molecular flexibility index (Phi) is 6.31. The summed E-state index contributed by atoms with van der Waals surface area (Å²) in [7, 11) is 0. The minimum Gasteiger partial charge on any atom is -0.411 e. The fraction of sp³-hybridized carbons (Fsp3) is 0.320. The Labute approximate surface area is 206 Å². The molecule has 0 aliphatic carbocycles. The maximum absolute atomic E-state index is 14.9. The van der Waals surface area contributed by atoms with E-state index in [-0.39, 0.29) is 23.2 Å². The second kappa shape index (κ2) is 9.57. The average Bonchev–Trinajstić information content (AvgIpc) is 3.20. The number of aromatic nitrogens is 5. The Bertz CT molecular complexity index is 1470. The summed E-state index contributed by atoms with van der Waals surface area (Å²) in [5.41, 5.74) is 3.15. The zero-order chi connectivity index (χ0) is 25.4. The summed E-state index contributed by atoms with van der Waals surface area (Å²) >= 11 is 0. The number of benzene rings is 1. The molecule has 1 aromatic carbocycles. The van der Waals surface area contributed by atoms with E-state index in [4.69, 9.17) is 5.21 Å². The third-order valence-electron chi connectivity index (χ3n) is 6.25. The van der Waals surface area contributed by atoms with Gasteiger partial charge >= 0.3 is 0 Å². The molecule has 36 heavy (non-hydrogen) atoms. The molecule has 5 rings (SSSR count). The van der Waals surface area contributed by atoms with Crippen molar-refractivity contribution in [1.29, 1.82) is 0 Å². The van der Waals surface area contributed by atoms with Crippen molar-refractivity contribution in [2.24, 2.45) is 5.16 Å². The van der Waals surface area contributed by atoms with Gasteiger partial charge in [-0.2, -0.15) is 0 Å². The molecule has 0 unspecified atom stereocenters. The highest BCUT2D eigenvalue weighted by Crippen LogP contribution is 2.30. The lowest BCUT2D eigenvalue weighted by molar-refractivity contribution is 0.280. The number of fused-ring (bicyclic) bond motifs is 2. The van der Waals surface area contributed by atoms with Crippen molar-refractivity contribution in [3.05, 3.63) is 59.2 Å². The van der Waals surface area contributed by atoms with E-state index in [0.29, 0.717) is 35.8 Å². The van der Waals surface area contributed by atoms with Crippen LogP contribution in [0, 0.1) is 18.6 Å². The van der Waals surface area contributed by atoms with Gasteiger partial charge in [0.15, 0.2) is 11.6 Å². The molecular weight excluding hydrogens is 466 g/mol. The van der Waals surface area contributed by atoms with Gasteiger partial charge in [0.05, 0.1) is 17.9 Å². The summed E-state index contributed by atoms with van der Waals surface area (Å²) in [5, 5.41) is 14.7. The van der Waals surface area contributed by atoms with Crippen molar-refractivity contribution in [2.75, 3.05) is 18.4 Å². The average molecular weight is 493 g/mol. The van der Waals surface area contributed by atoms with Crippen LogP contribution in [0.1, 0.15) is 37.0 Å². The number of nitrogens with zero attached hydrogens (tertiary/aromatic N) is 7. The first-order chi connectivity index (χ1) is 17.3. The SMILES string of the molecule is Cc1nc2c(F)cc(-c3nc(Nc4ccc5c(n4)CCN(C/C=N/O)C5)ncc3F)cc2n1C(C)C. The highest BCUT2D eigenvalue weighted by atomic mass is 19.1. The molecule has 4 heterocycles. The molecule has 3 aromatic heterocycles. The van der Waals surface area contributed by atoms with Crippen LogP contribution < -0.4 is 5.32 Å². The van der Waals surface area contributed by atoms with Crippen LogP contribution in [-0.2, 0) is 13.0 Å². The number of oxime groups is 1. The Hall–Kier alpha value is -3.99. The van der Waals surface area contributed by atoms with E-state index in [9.17, 15) is 8.78 Å². The number of hydrogen-bond donors (Lipinski definition) is 2. The van der Waals surface area contributed by atoms with Gasteiger partial charge in [0.25, 0.3) is 0 Å². The number of pyridine rings is 1. The van der Waals surface area contributed by atoms with Crippen LogP contribution in [0.4, 0.5) is 20.5 Å². The van der Waals surface area contributed by atoms with Crippen LogP contribution in [0.2, 0.25) is 0 Å². The lowest BCUT2D eigenvalue weighted by atomic mass is 10.1. The fourth-order valence-corrected chi connectivity index (χ4v) is 4.65. The molecular formula is C25H26F2N8O. The molecule has 11 heteroatoms. The zero-order valence-electron chi connectivity index (χ0n) is 20.2. The quantitative estimate of drug-likeness (QED) is 0.230. The third-order valence-corrected chi connectivity index (χ3v) is 6.25. The summed E-state index contributed by atoms with van der Waals surface area (Å²) in [6.07, 6.45) is 3.26. The van der Waals surface area contributed by atoms with Crippen molar-refractivity contribution in [3.63, 3.8) is 0 Å². The molecule has 9 nitrogen and oxygen atoms in total. The molecule has 0 spiro atoms. The predicted molar refractivity (Wildman–Crippen MR) is 133 cm³/mol. The fourth-order valence-electron chi connectivity index (χ4n) is 4.65. The van der Waals surface area contributed by atoms with Crippen molar-refractivity contribution in [3.8, 4) is 11.3 Å². The van der Waals surface area contributed by atoms with E-state index in [2.05, 4.69) is 35.3 Å². The molecule has 0 saturated heterocycles. The minimum absolute atomic E-state index is 0.0124. The lowest BCUT2D eigenvalue weighted by Crippen LogP contribution is -2.32. The first-order valence-electron chi connectivity index (χ1n) is 11.7. The predicted octanol–water partition coefficient (Wildman–Crippen LogP) is 4.62. The number of aryl methyl sites for hydroxylation is 1. The standard InChI is InChI=1S/C25H26F2N8O/c1-14(2)35-15(3)30-24-18(26)10-17(11-21(24)35)23-19(27)12-28-25(33-23)32-22-5-4-16-13-34(9-7-29-36)8-6-20(16)31-22/h4-5,7,10-12,14,36H,6,8-9,13H2,1-3H3,(H,28,31,32,33)/b29-7+. The highest BCUT2D eigenvalue weighted by molar-refractivity contribution is 5.83. The van der Waals surface area contributed by atoms with Crippen LogP contribution in [0.3, 0.4) is 0 Å². The van der Waals surface area contributed by atoms with Gasteiger partial charge in [-0.3, -0.25) is 4.90 Å². The van der Waals surface area contributed by atoms with Gasteiger partial charge in [-0.15, -0.1) is 5.16 Å². The third kappa shape index (κ3) is 4.49. The van der Waals surface area contributed by atoms with Crippen molar-refractivity contribution in [2.45, 2.75) is 39.8 Å². The molecule has 1 aliphatic rings. The molecule has 0 bridgehead atoms. The Morgan fingerprint density at radius 1 is 1.17 bits per heavy atom. The van der Waals surface area contributed by atoms with Crippen LogP contribution in [0.15, 0.2) is 35.6 Å². The van der Waals surface area contributed by atoms with Crippen molar-refractivity contribution < 1.29 is 14.0 Å². The molecule has 4 aromatic rings. The van der Waals surface area contributed by atoms with Crippen LogP contribution >= 0.6 is 0 Å². The molecule has 0 atom stereocenters. The molecule has 1 aliphatic heterocycles. The van der Waals surface area contributed by atoms with Gasteiger partial charge in [-0.1, -0.05) is 6.07 Å². The van der Waals surface area contributed by atoms with Gasteiger partial charge in [0.1, 0.15) is 22.9 Å². The van der Waals surface area contributed by atoms with Crippen LogP contribution in [0.5, 0.6) is 0 Å². The smallest absolute Gasteiger partial charge is 0.229 e. The Morgan fingerprint density at radius 3 is 2.78 bits per heavy atom. The second-order valence-corrected chi connectivity index (χ2v) is 9.05. The molecule has 0 saturated carbocycles. The molecule has 2 N–H and O–H groups in total. The van der Waals surface area contributed by atoms with Gasteiger partial charge in [-0.05, 0) is 44.5 Å². The van der Waals surface area contributed by atoms with Crippen LogP contribution in [0.25, 0.3) is 22.3 Å². The Balaban J connectivity index is 1.44. The number of anilines is 2. The summed E-state index contributed by atoms with van der Waals surface area (Å²) in [6.45, 7) is 7.83. The summed E-state index contributed by atoms with van der Waals surface area (Å²) in [5.74, 6) is 0.186. The van der Waals surface area contributed by atoms with E-state index >= 15 is 0 Å². The summed E-state index contributed by atoms with van der Waals surface area (Å²) in [6, 6.07) is 6.79. The number of imidazole rings is 1. The monoisotopic (exact) mass is 492 g/mol. The number of hydrogen-bond acceptors (Lipinski definition) is 8.